The third-order valence-corrected chi connectivity index (χ3v) is 5.06. The topological polar surface area (TPSA) is 86.7 Å². The highest BCUT2D eigenvalue weighted by atomic mass is 16.3. The minimum atomic E-state index is -1.42. The average molecular weight is 312 g/mol. The molecule has 0 unspecified atom stereocenters. The van der Waals surface area contributed by atoms with Gasteiger partial charge in [-0.1, -0.05) is 42.5 Å². The van der Waals surface area contributed by atoms with E-state index in [-0.39, 0.29) is 35.5 Å². The first kappa shape index (κ1) is 14.1. The summed E-state index contributed by atoms with van der Waals surface area (Å²) in [5.74, 6) is -2.09. The van der Waals surface area contributed by atoms with Gasteiger partial charge in [0.25, 0.3) is 17.7 Å². The van der Waals surface area contributed by atoms with Crippen molar-refractivity contribution in [2.75, 3.05) is 0 Å². The molecule has 2 aliphatic carbocycles. The van der Waals surface area contributed by atoms with Gasteiger partial charge in [0, 0.05) is 0 Å². The molecule has 1 saturated heterocycles. The minimum absolute atomic E-state index is 0.0856. The van der Waals surface area contributed by atoms with Gasteiger partial charge in [-0.15, -0.1) is 0 Å². The van der Waals surface area contributed by atoms with Gasteiger partial charge < -0.3 is 5.11 Å². The number of aliphatic hydroxyl groups is 1. The van der Waals surface area contributed by atoms with Crippen LogP contribution in [-0.4, -0.2) is 27.8 Å². The number of nitrogens with one attached hydrogen (secondary N) is 1. The lowest BCUT2D eigenvalue weighted by molar-refractivity contribution is -0.152. The number of hydrogen-bond acceptors (Lipinski definition) is 4. The Kier molecular flexibility index (Phi) is 3.09. The summed E-state index contributed by atoms with van der Waals surface area (Å²) in [7, 11) is 0. The van der Waals surface area contributed by atoms with Crippen LogP contribution in [0.4, 0.5) is 0 Å². The van der Waals surface area contributed by atoms with E-state index in [1.54, 1.807) is 30.3 Å². The Morgan fingerprint density at radius 3 is 2.22 bits per heavy atom. The number of hydrogen-bond donors (Lipinski definition) is 2. The van der Waals surface area contributed by atoms with Crippen molar-refractivity contribution in [2.45, 2.75) is 12.5 Å². The maximum atomic E-state index is 12.5. The second kappa shape index (κ2) is 5.03. The number of allylic oxidation sites excluding steroid dienone is 2. The number of carbonyl (C=O) groups excluding carboxylic acids is 3. The monoisotopic (exact) mass is 312 g/mol. The van der Waals surface area contributed by atoms with Crippen LogP contribution in [-0.2, 0) is 14.4 Å². The van der Waals surface area contributed by atoms with Crippen LogP contribution in [0.15, 0.2) is 42.5 Å². The molecule has 23 heavy (non-hydrogen) atoms. The van der Waals surface area contributed by atoms with Gasteiger partial charge >= 0.3 is 0 Å². The Morgan fingerprint density at radius 2 is 1.65 bits per heavy atom. The summed E-state index contributed by atoms with van der Waals surface area (Å²) in [6, 6.07) is 8.39. The first-order valence-electron chi connectivity index (χ1n) is 7.67. The zero-order valence-corrected chi connectivity index (χ0v) is 12.3. The number of fused-ring (bicyclic) bond motifs is 5. The highest BCUT2D eigenvalue weighted by Gasteiger charge is 2.59. The maximum absolute atomic E-state index is 12.5. The van der Waals surface area contributed by atoms with Crippen molar-refractivity contribution in [3.05, 3.63) is 48.0 Å². The van der Waals surface area contributed by atoms with Gasteiger partial charge in [-0.05, 0) is 23.8 Å². The molecule has 1 aromatic carbocycles. The number of carbonyl (C=O) groups is 3. The molecule has 118 valence electrons. The van der Waals surface area contributed by atoms with E-state index in [1.807, 2.05) is 12.2 Å². The fourth-order valence-electron chi connectivity index (χ4n) is 3.97. The molecule has 6 heteroatoms. The standard InChI is InChI=1S/C17H16N2O4/c20-14(9-4-2-1-3-5-9)15(21)18-19-16(22)12-10-6-7-11(8-10)13(12)17(19)23/h1-7,10-14,20H,8H2,(H,18,21)/t10-,11-,12-,13-,14-/m0/s1. The van der Waals surface area contributed by atoms with Gasteiger partial charge in [-0.3, -0.25) is 19.8 Å². The van der Waals surface area contributed by atoms with E-state index in [9.17, 15) is 19.5 Å². The molecule has 4 rings (SSSR count). The molecular weight excluding hydrogens is 296 g/mol. The van der Waals surface area contributed by atoms with Gasteiger partial charge in [0.2, 0.25) is 0 Å². The number of rotatable bonds is 3. The number of benzene rings is 1. The molecule has 2 N–H and O–H groups in total. The van der Waals surface area contributed by atoms with E-state index in [0.29, 0.717) is 5.56 Å². The molecular formula is C17H16N2O4. The maximum Gasteiger partial charge on any atom is 0.272 e. The quantitative estimate of drug-likeness (QED) is 0.631. The van der Waals surface area contributed by atoms with Gasteiger partial charge in [-0.2, -0.15) is 5.01 Å². The highest BCUT2D eigenvalue weighted by molar-refractivity contribution is 6.07. The SMILES string of the molecule is O=C(NN1C(=O)[C@@H]2[C@@H](C1=O)[C@H]1C=C[C@H]2C1)[C@@H](O)c1ccccc1. The molecule has 6 nitrogen and oxygen atoms in total. The number of hydrazine groups is 1. The van der Waals surface area contributed by atoms with Crippen molar-refractivity contribution in [1.82, 2.24) is 10.4 Å². The molecule has 1 aliphatic heterocycles. The van der Waals surface area contributed by atoms with Crippen molar-refractivity contribution < 1.29 is 19.5 Å². The zero-order chi connectivity index (χ0) is 16.1. The molecule has 2 fully saturated rings. The largest absolute Gasteiger partial charge is 0.378 e. The summed E-state index contributed by atoms with van der Waals surface area (Å²) in [5.41, 5.74) is 2.70. The van der Waals surface area contributed by atoms with Crippen molar-refractivity contribution in [1.29, 1.82) is 0 Å². The minimum Gasteiger partial charge on any atom is -0.378 e. The molecule has 1 saturated carbocycles. The van der Waals surface area contributed by atoms with E-state index in [0.717, 1.165) is 11.4 Å². The number of amides is 3. The molecule has 0 aromatic heterocycles. The fourth-order valence-corrected chi connectivity index (χ4v) is 3.97. The predicted molar refractivity (Wildman–Crippen MR) is 79.1 cm³/mol. The summed E-state index contributed by atoms with van der Waals surface area (Å²) < 4.78 is 0. The van der Waals surface area contributed by atoms with Gasteiger partial charge in [0.05, 0.1) is 11.8 Å². The molecule has 5 atom stereocenters. The predicted octanol–water partition coefficient (Wildman–Crippen LogP) is 0.558. The second-order valence-corrected chi connectivity index (χ2v) is 6.30. The number of imide groups is 1. The molecule has 0 radical (unpaired) electrons. The Morgan fingerprint density at radius 1 is 1.09 bits per heavy atom. The fraction of sp³-hybridized carbons (Fsp3) is 0.353. The lowest BCUT2D eigenvalue weighted by Gasteiger charge is -2.20. The normalized spacial score (nSPS) is 32.3. The van der Waals surface area contributed by atoms with Crippen LogP contribution in [0.3, 0.4) is 0 Å². The van der Waals surface area contributed by atoms with Crippen LogP contribution in [0.1, 0.15) is 18.1 Å². The third-order valence-electron chi connectivity index (χ3n) is 5.06. The van der Waals surface area contributed by atoms with E-state index in [1.165, 1.54) is 0 Å². The zero-order valence-electron chi connectivity index (χ0n) is 12.3. The van der Waals surface area contributed by atoms with Crippen molar-refractivity contribution in [3.8, 4) is 0 Å². The Bertz CT molecular complexity index is 685. The number of nitrogens with zero attached hydrogens (tertiary/aromatic N) is 1. The van der Waals surface area contributed by atoms with Crippen LogP contribution in [0.5, 0.6) is 0 Å². The van der Waals surface area contributed by atoms with E-state index in [2.05, 4.69) is 5.43 Å². The molecule has 1 aromatic rings. The van der Waals surface area contributed by atoms with Gasteiger partial charge in [-0.25, -0.2) is 0 Å². The second-order valence-electron chi connectivity index (χ2n) is 6.30. The first-order chi connectivity index (χ1) is 11.1. The number of aliphatic hydroxyl groups excluding tert-OH is 1. The highest BCUT2D eigenvalue weighted by Crippen LogP contribution is 2.52. The lowest BCUT2D eigenvalue weighted by Crippen LogP contribution is -2.49. The van der Waals surface area contributed by atoms with E-state index >= 15 is 0 Å². The van der Waals surface area contributed by atoms with E-state index < -0.39 is 12.0 Å². The first-order valence-corrected chi connectivity index (χ1v) is 7.67. The Labute approximate surface area is 132 Å². The van der Waals surface area contributed by atoms with Crippen LogP contribution in [0, 0.1) is 23.7 Å². The average Bonchev–Trinajstić information content (AvgIpc) is 3.24. The van der Waals surface area contributed by atoms with Gasteiger partial charge in [0.15, 0.2) is 6.10 Å². The van der Waals surface area contributed by atoms with Crippen LogP contribution in [0.2, 0.25) is 0 Å². The van der Waals surface area contributed by atoms with Crippen molar-refractivity contribution in [3.63, 3.8) is 0 Å². The summed E-state index contributed by atoms with van der Waals surface area (Å²) >= 11 is 0. The molecule has 0 spiro atoms. The van der Waals surface area contributed by atoms with Crippen molar-refractivity contribution >= 4 is 17.7 Å². The van der Waals surface area contributed by atoms with Crippen molar-refractivity contribution in [2.24, 2.45) is 23.7 Å². The van der Waals surface area contributed by atoms with Crippen LogP contribution < -0.4 is 5.43 Å². The summed E-state index contributed by atoms with van der Waals surface area (Å²) in [4.78, 5) is 37.1. The summed E-state index contributed by atoms with van der Waals surface area (Å²) in [6.45, 7) is 0. The van der Waals surface area contributed by atoms with Crippen LogP contribution >= 0.6 is 0 Å². The molecule has 3 aliphatic rings. The lowest BCUT2D eigenvalue weighted by atomic mass is 9.85. The third kappa shape index (κ3) is 2.02. The molecule has 3 amide bonds. The smallest absolute Gasteiger partial charge is 0.272 e. The van der Waals surface area contributed by atoms with Crippen LogP contribution in [0.25, 0.3) is 0 Å². The molecule has 1 heterocycles. The Hall–Kier alpha value is -2.47. The Balaban J connectivity index is 1.51. The molecule has 2 bridgehead atoms. The summed E-state index contributed by atoms with van der Waals surface area (Å²) in [6.07, 6.45) is 3.39. The van der Waals surface area contributed by atoms with Gasteiger partial charge in [0.1, 0.15) is 0 Å². The summed E-state index contributed by atoms with van der Waals surface area (Å²) in [5, 5.41) is 10.9. The van der Waals surface area contributed by atoms with E-state index in [4.69, 9.17) is 0 Å².